The molecule has 2 aromatic rings. The molecule has 0 unspecified atom stereocenters. The van der Waals surface area contributed by atoms with Crippen LogP contribution in [0.1, 0.15) is 0 Å². The Morgan fingerprint density at radius 2 is 2.14 bits per heavy atom. The molecule has 0 bridgehead atoms. The second-order valence-corrected chi connectivity index (χ2v) is 6.69. The zero-order valence-corrected chi connectivity index (χ0v) is 11.8. The molecule has 2 rings (SSSR count). The molecule has 1 aromatic heterocycles. The topological polar surface area (TPSA) is 135 Å². The lowest BCUT2D eigenvalue weighted by Crippen LogP contribution is -2.15. The number of anilines is 1. The van der Waals surface area contributed by atoms with E-state index in [4.69, 9.17) is 0 Å². The summed E-state index contributed by atoms with van der Waals surface area (Å²) in [5.74, 6) is -0.162. The highest BCUT2D eigenvalue weighted by Gasteiger charge is 2.17. The minimum Gasteiger partial charge on any atom is -0.378 e. The van der Waals surface area contributed by atoms with Crippen molar-refractivity contribution in [1.29, 1.82) is 0 Å². The molecule has 0 saturated heterocycles. The van der Waals surface area contributed by atoms with E-state index in [0.717, 1.165) is 12.3 Å². The van der Waals surface area contributed by atoms with E-state index in [1.165, 1.54) is 12.4 Å². The van der Waals surface area contributed by atoms with Gasteiger partial charge in [0.15, 0.2) is 0 Å². The van der Waals surface area contributed by atoms with E-state index in [1.54, 1.807) is 0 Å². The van der Waals surface area contributed by atoms with E-state index >= 15 is 0 Å². The smallest absolute Gasteiger partial charge is 0.293 e. The molecular weight excluding hydrogens is 300 g/mol. The SMILES string of the molecule is CS(=O)(=O)CCNc1cc2nc[nH]c(=O)c2cc1[N+](=O)[O-]. The maximum atomic E-state index is 11.6. The summed E-state index contributed by atoms with van der Waals surface area (Å²) in [5, 5.41) is 13.8. The molecule has 0 atom stereocenters. The Morgan fingerprint density at radius 1 is 1.43 bits per heavy atom. The first-order valence-corrected chi connectivity index (χ1v) is 7.91. The molecule has 2 N–H and O–H groups in total. The molecule has 0 aliphatic rings. The van der Waals surface area contributed by atoms with Gasteiger partial charge in [-0.15, -0.1) is 0 Å². The summed E-state index contributed by atoms with van der Waals surface area (Å²) >= 11 is 0. The number of benzene rings is 1. The van der Waals surface area contributed by atoms with Crippen molar-refractivity contribution in [3.05, 3.63) is 38.9 Å². The minimum atomic E-state index is -3.18. The first-order valence-electron chi connectivity index (χ1n) is 5.85. The van der Waals surface area contributed by atoms with Gasteiger partial charge in [-0.1, -0.05) is 0 Å². The summed E-state index contributed by atoms with van der Waals surface area (Å²) in [6.45, 7) is 0.0222. The van der Waals surface area contributed by atoms with E-state index < -0.39 is 20.3 Å². The number of sulfone groups is 1. The summed E-state index contributed by atoms with van der Waals surface area (Å²) in [4.78, 5) is 28.3. The number of nitrogens with one attached hydrogen (secondary N) is 2. The van der Waals surface area contributed by atoms with Gasteiger partial charge in [-0.3, -0.25) is 14.9 Å². The average Bonchev–Trinajstić information content (AvgIpc) is 2.36. The van der Waals surface area contributed by atoms with E-state index in [1.807, 2.05) is 0 Å². The normalized spacial score (nSPS) is 11.5. The predicted octanol–water partition coefficient (Wildman–Crippen LogP) is 0.288. The van der Waals surface area contributed by atoms with E-state index in [2.05, 4.69) is 15.3 Å². The van der Waals surface area contributed by atoms with Crippen LogP contribution in [0.2, 0.25) is 0 Å². The van der Waals surface area contributed by atoms with Gasteiger partial charge in [0.05, 0.1) is 27.9 Å². The number of aromatic nitrogens is 2. The van der Waals surface area contributed by atoms with Crippen LogP contribution >= 0.6 is 0 Å². The van der Waals surface area contributed by atoms with Crippen LogP contribution in [0.25, 0.3) is 10.9 Å². The lowest BCUT2D eigenvalue weighted by atomic mass is 10.2. The molecule has 0 spiro atoms. The second-order valence-electron chi connectivity index (χ2n) is 4.43. The zero-order valence-electron chi connectivity index (χ0n) is 11.0. The van der Waals surface area contributed by atoms with Gasteiger partial charge < -0.3 is 10.3 Å². The third-order valence-corrected chi connectivity index (χ3v) is 3.69. The largest absolute Gasteiger partial charge is 0.378 e. The van der Waals surface area contributed by atoms with Crippen molar-refractivity contribution in [2.24, 2.45) is 0 Å². The summed E-state index contributed by atoms with van der Waals surface area (Å²) in [5.41, 5.74) is -0.388. The second kappa shape index (κ2) is 5.48. The molecule has 21 heavy (non-hydrogen) atoms. The molecule has 0 aliphatic carbocycles. The van der Waals surface area contributed by atoms with Crippen molar-refractivity contribution >= 4 is 32.1 Å². The fourth-order valence-corrected chi connectivity index (χ4v) is 2.24. The molecule has 1 heterocycles. The van der Waals surface area contributed by atoms with E-state index in [-0.39, 0.29) is 34.6 Å². The lowest BCUT2D eigenvalue weighted by molar-refractivity contribution is -0.383. The van der Waals surface area contributed by atoms with Gasteiger partial charge in [0.2, 0.25) is 0 Å². The maximum absolute atomic E-state index is 11.6. The maximum Gasteiger partial charge on any atom is 0.293 e. The number of hydrogen-bond donors (Lipinski definition) is 2. The van der Waals surface area contributed by atoms with Gasteiger partial charge in [-0.2, -0.15) is 0 Å². The number of nitrogens with zero attached hydrogens (tertiary/aromatic N) is 2. The monoisotopic (exact) mass is 312 g/mol. The predicted molar refractivity (Wildman–Crippen MR) is 77.2 cm³/mol. The number of rotatable bonds is 5. The van der Waals surface area contributed by atoms with Gasteiger partial charge in [-0.05, 0) is 6.07 Å². The molecule has 10 heteroatoms. The Balaban J connectivity index is 2.44. The Hall–Kier alpha value is -2.49. The van der Waals surface area contributed by atoms with Gasteiger partial charge in [0.1, 0.15) is 15.5 Å². The van der Waals surface area contributed by atoms with Crippen molar-refractivity contribution in [1.82, 2.24) is 9.97 Å². The number of hydrogen-bond acceptors (Lipinski definition) is 7. The molecule has 9 nitrogen and oxygen atoms in total. The van der Waals surface area contributed by atoms with E-state index in [9.17, 15) is 23.3 Å². The average molecular weight is 312 g/mol. The Labute approximate surface area is 119 Å². The zero-order chi connectivity index (χ0) is 15.6. The highest BCUT2D eigenvalue weighted by atomic mass is 32.2. The quantitative estimate of drug-likeness (QED) is 0.598. The highest BCUT2D eigenvalue weighted by Crippen LogP contribution is 2.27. The highest BCUT2D eigenvalue weighted by molar-refractivity contribution is 7.90. The molecule has 0 amide bonds. The fraction of sp³-hybridized carbons (Fsp3) is 0.273. The number of nitro groups is 1. The molecule has 1 aromatic carbocycles. The van der Waals surface area contributed by atoms with Crippen LogP contribution in [0, 0.1) is 10.1 Å². The summed E-state index contributed by atoms with van der Waals surface area (Å²) < 4.78 is 22.1. The van der Waals surface area contributed by atoms with Crippen LogP contribution < -0.4 is 10.9 Å². The number of fused-ring (bicyclic) bond motifs is 1. The van der Waals surface area contributed by atoms with Gasteiger partial charge in [-0.25, -0.2) is 13.4 Å². The van der Waals surface area contributed by atoms with Crippen LogP contribution in [0.4, 0.5) is 11.4 Å². The third kappa shape index (κ3) is 3.54. The van der Waals surface area contributed by atoms with Crippen LogP contribution in [-0.4, -0.2) is 41.9 Å². The summed E-state index contributed by atoms with van der Waals surface area (Å²) in [6, 6.07) is 2.47. The number of nitro benzene ring substituents is 1. The molecular formula is C11H12N4O5S. The van der Waals surface area contributed by atoms with Crippen molar-refractivity contribution in [3.8, 4) is 0 Å². The van der Waals surface area contributed by atoms with Crippen LogP contribution in [-0.2, 0) is 9.84 Å². The summed E-state index contributed by atoms with van der Waals surface area (Å²) in [6.07, 6.45) is 2.27. The van der Waals surface area contributed by atoms with E-state index in [0.29, 0.717) is 0 Å². The van der Waals surface area contributed by atoms with Crippen molar-refractivity contribution in [2.75, 3.05) is 23.9 Å². The first-order chi connectivity index (χ1) is 9.78. The molecule has 0 fully saturated rings. The minimum absolute atomic E-state index is 0.0222. The molecule has 0 saturated carbocycles. The molecule has 0 aliphatic heterocycles. The number of aromatic amines is 1. The van der Waals surface area contributed by atoms with Gasteiger partial charge in [0, 0.05) is 18.9 Å². The van der Waals surface area contributed by atoms with Crippen LogP contribution in [0.15, 0.2) is 23.3 Å². The standard InChI is InChI=1S/C11H12N4O5S/c1-21(19,20)3-2-12-9-5-8-7(4-10(9)15(17)18)11(16)14-6-13-8/h4-6,12H,2-3H2,1H3,(H,13,14,16). The van der Waals surface area contributed by atoms with Crippen molar-refractivity contribution < 1.29 is 13.3 Å². The molecule has 112 valence electrons. The van der Waals surface area contributed by atoms with Crippen molar-refractivity contribution in [3.63, 3.8) is 0 Å². The van der Waals surface area contributed by atoms with Gasteiger partial charge >= 0.3 is 0 Å². The third-order valence-electron chi connectivity index (χ3n) is 2.74. The Bertz CT molecular complexity index is 859. The van der Waals surface area contributed by atoms with Gasteiger partial charge in [0.25, 0.3) is 11.2 Å². The Morgan fingerprint density at radius 3 is 2.76 bits per heavy atom. The van der Waals surface area contributed by atoms with Crippen molar-refractivity contribution in [2.45, 2.75) is 0 Å². The van der Waals surface area contributed by atoms with Crippen LogP contribution in [0.5, 0.6) is 0 Å². The first kappa shape index (κ1) is 14.9. The van der Waals surface area contributed by atoms with Crippen LogP contribution in [0.3, 0.4) is 0 Å². The molecule has 0 radical (unpaired) electrons. The summed E-state index contributed by atoms with van der Waals surface area (Å²) in [7, 11) is -3.18. The lowest BCUT2D eigenvalue weighted by Gasteiger charge is -2.07. The fourth-order valence-electron chi connectivity index (χ4n) is 1.77. The number of H-pyrrole nitrogens is 1. The Kier molecular flexibility index (Phi) is 3.89.